The van der Waals surface area contributed by atoms with Gasteiger partial charge in [0, 0.05) is 60.7 Å². The fourth-order valence-corrected chi connectivity index (χ4v) is 24.6. The Morgan fingerprint density at radius 2 is 0.844 bits per heavy atom. The van der Waals surface area contributed by atoms with Crippen LogP contribution in [-0.2, 0) is 39.4 Å². The van der Waals surface area contributed by atoms with E-state index < -0.39 is 71.3 Å². The molecule has 0 aliphatic rings. The number of carboxylic acids is 1. The number of methoxy groups -OCH3 is 6. The Balaban J connectivity index is 0.000000370. The zero-order valence-electron chi connectivity index (χ0n) is 71.5. The number of aryl methyl sites for hydroxylation is 1. The van der Waals surface area contributed by atoms with Gasteiger partial charge in [-0.15, -0.1) is 11.6 Å². The summed E-state index contributed by atoms with van der Waals surface area (Å²) < 4.78 is 117. The number of carboxylic acid groups (broad SMARTS) is 1. The van der Waals surface area contributed by atoms with Gasteiger partial charge in [-0.2, -0.15) is 26.3 Å². The molecule has 0 spiro atoms. The average molecular weight is 2030 g/mol. The second-order valence-corrected chi connectivity index (χ2v) is 41.3. The molecule has 12 aromatic rings. The van der Waals surface area contributed by atoms with Crippen LogP contribution in [0, 0.1) is 6.92 Å². The van der Waals surface area contributed by atoms with Gasteiger partial charge in [0.2, 0.25) is 0 Å². The largest absolute Gasteiger partial charge is 0.477 e. The van der Waals surface area contributed by atoms with Gasteiger partial charge in [0.05, 0.1) is 74.2 Å². The van der Waals surface area contributed by atoms with E-state index >= 15 is 0 Å². The molecule has 11 aromatic heterocycles. The first-order chi connectivity index (χ1) is 60.8. The van der Waals surface area contributed by atoms with Crippen LogP contribution in [0.4, 0.5) is 43.8 Å². The number of aromatic carboxylic acids is 1. The van der Waals surface area contributed by atoms with Crippen LogP contribution in [0.3, 0.4) is 0 Å². The Kier molecular flexibility index (Phi) is 47.4. The Morgan fingerprint density at radius 3 is 1.17 bits per heavy atom. The number of pyridine rings is 7. The number of esters is 6. The third-order valence-electron chi connectivity index (χ3n) is 17.5. The number of carbonyl (C=O) groups is 9. The number of benzene rings is 1. The standard InChI is InChI=1S/C11H8F6.2C11H10N2O2.C10H8N2O3.C9H7BrN2O2.C7H7BrN2O2.C7H8N2O2.C6H6N2O2.3C4H9.C2H3ClO.C2H3.Sn/c1-6-3-8(7(2)10(12,13)14)5-9(4-6)11(15,16)17;2*1-3-8-4-5-9(11(14)15-2)13-7-6-12-10(8)13;1-15-10(14)8-3-2-7(6-13)9-11-4-5-12(8)9;1-14-9(13)7-3-2-6(10)8-11-4-5-12(7)8;1-12-7(11)5-3-2-4(8)6(9)10-5;1-11-7(10)5-3-2-4-6(8)9-5;7-5-3-1-2-4(8-5)6(9)10;3*1-3-4-2;3-1-2-4;1-2;/h3-5H,2H2,1H3;2*3-7H,1H2,2H3;2-6H,1H3;2-5H,1H3;2-3H,1H3,(H2,9,10);2-4H,1H3,(H2,8,9);1-3H,(H2,7,8)(H,9,10);3*1,3-4H2,2H3;2H,1H2;1H,2H2;. The van der Waals surface area contributed by atoms with Crippen LogP contribution in [0.25, 0.3) is 40.3 Å². The SMILES string of the molecule is C=C(c1cc(C)cc(C(F)(F)F)c1)C(F)(F)F.C=Cc1ccc(C(=O)OC)n2ccnc12.C=Cc1ccc(C(=O)OC)n2ccnc12.C=[CH][Sn]([CH2]CCC)([CH2]CCC)[CH2]CCC.COC(=O)c1ccc(Br)c(N)n1.COC(=O)c1ccc(Br)c2nccn12.COC(=O)c1ccc(C=O)c2nccn12.COC(=O)c1cccc(N)n1.Nc1cccc(C(=O)O)n1.O=CCCl. The van der Waals surface area contributed by atoms with Crippen LogP contribution in [0.15, 0.2) is 204 Å². The molecular formula is C88H97Br2ClF6N14O16Sn. The molecule has 0 amide bonds. The predicted molar refractivity (Wildman–Crippen MR) is 486 cm³/mol. The van der Waals surface area contributed by atoms with Crippen LogP contribution < -0.4 is 17.2 Å². The molecule has 682 valence electrons. The molecule has 0 atom stereocenters. The molecule has 0 radical (unpaired) electrons. The summed E-state index contributed by atoms with van der Waals surface area (Å²) in [5, 5.41) is 8.39. The van der Waals surface area contributed by atoms with E-state index in [0.717, 1.165) is 27.7 Å². The number of anilines is 3. The molecular weight excluding hydrogens is 1940 g/mol. The van der Waals surface area contributed by atoms with E-state index in [0.29, 0.717) is 79.9 Å². The molecule has 0 saturated heterocycles. The molecule has 40 heteroatoms. The van der Waals surface area contributed by atoms with E-state index in [2.05, 4.69) is 146 Å². The van der Waals surface area contributed by atoms with Crippen molar-refractivity contribution in [2.24, 2.45) is 0 Å². The van der Waals surface area contributed by atoms with Gasteiger partial charge in [0.15, 0.2) is 29.0 Å². The summed E-state index contributed by atoms with van der Waals surface area (Å²) in [5.41, 5.74) is 20.0. The van der Waals surface area contributed by atoms with Crippen molar-refractivity contribution in [2.75, 3.05) is 65.7 Å². The number of halogens is 9. The summed E-state index contributed by atoms with van der Waals surface area (Å²) in [6, 6.07) is 28.2. The van der Waals surface area contributed by atoms with Crippen LogP contribution in [0.1, 0.15) is 171 Å². The Hall–Kier alpha value is -13.0. The molecule has 11 heterocycles. The van der Waals surface area contributed by atoms with E-state index in [9.17, 15) is 64.7 Å². The fraction of sp³-hybridized carbons (Fsp3) is 0.250. The van der Waals surface area contributed by atoms with Crippen LogP contribution >= 0.6 is 43.5 Å². The Morgan fingerprint density at radius 1 is 0.492 bits per heavy atom. The van der Waals surface area contributed by atoms with Crippen LogP contribution in [0.5, 0.6) is 0 Å². The molecule has 0 aliphatic heterocycles. The number of aldehydes is 2. The van der Waals surface area contributed by atoms with Crippen molar-refractivity contribution in [1.29, 1.82) is 0 Å². The van der Waals surface area contributed by atoms with Gasteiger partial charge >= 0.3 is 156 Å². The molecule has 30 nitrogen and oxygen atoms in total. The summed E-state index contributed by atoms with van der Waals surface area (Å²) in [5.74, 6) is -2.71. The first-order valence-electron chi connectivity index (χ1n) is 38.2. The number of imidazole rings is 4. The quantitative estimate of drug-likeness (QED) is 0.0122. The summed E-state index contributed by atoms with van der Waals surface area (Å²) in [4.78, 5) is 125. The second-order valence-electron chi connectivity index (χ2n) is 26.1. The number of nitrogens with zero attached hydrogens (tertiary/aromatic N) is 11. The maximum atomic E-state index is 12.4. The van der Waals surface area contributed by atoms with Crippen molar-refractivity contribution in [1.82, 2.24) is 52.5 Å². The van der Waals surface area contributed by atoms with Crippen molar-refractivity contribution in [2.45, 2.75) is 91.9 Å². The number of hydrogen-bond donors (Lipinski definition) is 4. The van der Waals surface area contributed by atoms with Gasteiger partial charge in [-0.05, 0) is 147 Å². The maximum Gasteiger partial charge on any atom is 0.356 e. The number of alkyl halides is 7. The summed E-state index contributed by atoms with van der Waals surface area (Å²) in [7, 11) is 7.96. The Bertz CT molecular complexity index is 5510. The molecule has 0 bridgehead atoms. The van der Waals surface area contributed by atoms with Gasteiger partial charge < -0.3 is 55.5 Å². The van der Waals surface area contributed by atoms with Crippen molar-refractivity contribution >= 4 is 174 Å². The number of nitrogens with two attached hydrogens (primary N) is 3. The van der Waals surface area contributed by atoms with E-state index in [4.69, 9.17) is 38.7 Å². The molecule has 128 heavy (non-hydrogen) atoms. The first kappa shape index (κ1) is 109. The molecule has 7 N–H and O–H groups in total. The van der Waals surface area contributed by atoms with Crippen LogP contribution in [0.2, 0.25) is 13.3 Å². The van der Waals surface area contributed by atoms with Gasteiger partial charge in [0.25, 0.3) is 0 Å². The topological polar surface area (TPSA) is 415 Å². The van der Waals surface area contributed by atoms with Crippen molar-refractivity contribution in [3.05, 3.63) is 277 Å². The number of hydrogen-bond acceptors (Lipinski definition) is 25. The number of fused-ring (bicyclic) bond motifs is 4. The number of nitrogen functional groups attached to an aromatic ring is 3. The minimum atomic E-state index is -4.74. The number of unbranched alkanes of at least 4 members (excludes halogenated alkanes) is 3. The molecule has 1 aromatic carbocycles. The van der Waals surface area contributed by atoms with Crippen molar-refractivity contribution < 1.29 is 103 Å². The number of carbonyl (C=O) groups excluding carboxylic acids is 8. The monoisotopic (exact) mass is 2030 g/mol. The van der Waals surface area contributed by atoms with E-state index in [1.54, 1.807) is 155 Å². The molecule has 0 saturated carbocycles. The van der Waals surface area contributed by atoms with Gasteiger partial charge in [-0.3, -0.25) is 22.4 Å². The zero-order valence-corrected chi connectivity index (χ0v) is 78.3. The smallest absolute Gasteiger partial charge is 0.356 e. The minimum Gasteiger partial charge on any atom is -0.477 e. The third kappa shape index (κ3) is 33.8. The zero-order chi connectivity index (χ0) is 96.0. The Labute approximate surface area is 759 Å². The van der Waals surface area contributed by atoms with E-state index in [1.165, 1.54) is 123 Å². The van der Waals surface area contributed by atoms with Crippen LogP contribution in [-0.4, -0.2) is 185 Å². The number of allylic oxidation sites excluding steroid dienone is 1. The fourth-order valence-electron chi connectivity index (χ4n) is 11.0. The number of aromatic nitrogens is 11. The predicted octanol–water partition coefficient (Wildman–Crippen LogP) is 18.9. The number of ether oxygens (including phenoxy) is 6. The minimum absolute atomic E-state index is 0.0278. The summed E-state index contributed by atoms with van der Waals surface area (Å²) >= 11 is 9.47. The van der Waals surface area contributed by atoms with Gasteiger partial charge in [-0.25, -0.2) is 68.4 Å². The average Bonchev–Trinajstić information content (AvgIpc) is 1.25. The van der Waals surface area contributed by atoms with Crippen molar-refractivity contribution in [3.8, 4) is 0 Å². The van der Waals surface area contributed by atoms with E-state index in [-0.39, 0.29) is 58.1 Å². The van der Waals surface area contributed by atoms with Gasteiger partial charge in [0.1, 0.15) is 63.5 Å². The molecule has 0 unspecified atom stereocenters. The molecule has 0 aliphatic carbocycles. The second kappa shape index (κ2) is 55.5. The van der Waals surface area contributed by atoms with Gasteiger partial charge in [-0.1, -0.05) is 50.1 Å². The third-order valence-corrected chi connectivity index (χ3v) is 32.9. The first-order valence-corrected chi connectivity index (χ1v) is 48.0. The molecule has 0 fully saturated rings. The summed E-state index contributed by atoms with van der Waals surface area (Å²) in [6.07, 6.45) is 17.0. The van der Waals surface area contributed by atoms with E-state index in [1.807, 2.05) is 0 Å². The number of rotatable bonds is 22. The van der Waals surface area contributed by atoms with Crippen molar-refractivity contribution in [3.63, 3.8) is 0 Å². The normalized spacial score (nSPS) is 10.4. The molecule has 12 rings (SSSR count). The maximum absolute atomic E-state index is 12.4. The summed E-state index contributed by atoms with van der Waals surface area (Å²) in [6.45, 7) is 22.6.